The Kier molecular flexibility index (Phi) is 6.33. The first-order chi connectivity index (χ1) is 13.9. The Bertz CT molecular complexity index is 970. The zero-order chi connectivity index (χ0) is 20.8. The maximum absolute atomic E-state index is 13.0. The van der Waals surface area contributed by atoms with Gasteiger partial charge in [0.1, 0.15) is 11.9 Å². The zero-order valence-electron chi connectivity index (χ0n) is 16.2. The Morgan fingerprint density at radius 1 is 1.10 bits per heavy atom. The Morgan fingerprint density at radius 3 is 2.52 bits per heavy atom. The van der Waals surface area contributed by atoms with Gasteiger partial charge in [-0.15, -0.1) is 0 Å². The van der Waals surface area contributed by atoms with Crippen molar-refractivity contribution in [2.24, 2.45) is 5.92 Å². The first kappa shape index (κ1) is 20.2. The quantitative estimate of drug-likeness (QED) is 0.644. The number of anilines is 1. The minimum absolute atomic E-state index is 0.157. The first-order valence-corrected chi connectivity index (χ1v) is 9.23. The predicted octanol–water partition coefficient (Wildman–Crippen LogP) is 2.86. The smallest absolute Gasteiger partial charge is 0.251 e. The molecule has 0 fully saturated rings. The summed E-state index contributed by atoms with van der Waals surface area (Å²) in [5.41, 5.74) is 1.13. The second-order valence-electron chi connectivity index (χ2n) is 6.91. The van der Waals surface area contributed by atoms with Crippen LogP contribution in [0.1, 0.15) is 29.9 Å². The second kappa shape index (κ2) is 9.09. The lowest BCUT2D eigenvalue weighted by Crippen LogP contribution is -2.47. The topological polar surface area (TPSA) is 88.9 Å². The number of hydrogen-bond donors (Lipinski definition) is 2. The van der Waals surface area contributed by atoms with E-state index < -0.39 is 17.8 Å². The van der Waals surface area contributed by atoms with Gasteiger partial charge in [0.2, 0.25) is 5.91 Å². The number of carbonyl (C=O) groups excluding carboxylic acids is 2. The molecule has 1 unspecified atom stereocenters. The first-order valence-electron chi connectivity index (χ1n) is 9.23. The molecule has 0 aliphatic heterocycles. The summed E-state index contributed by atoms with van der Waals surface area (Å²) in [6.07, 6.45) is 3.45. The van der Waals surface area contributed by atoms with Crippen LogP contribution in [0, 0.1) is 11.7 Å². The number of halogens is 1. The van der Waals surface area contributed by atoms with Gasteiger partial charge < -0.3 is 10.6 Å². The van der Waals surface area contributed by atoms with E-state index in [4.69, 9.17) is 0 Å². The van der Waals surface area contributed by atoms with E-state index in [-0.39, 0.29) is 17.4 Å². The molecule has 0 bridgehead atoms. The molecule has 2 heterocycles. The van der Waals surface area contributed by atoms with E-state index in [0.717, 1.165) is 5.69 Å². The number of hydrogen-bond acceptors (Lipinski definition) is 4. The summed E-state index contributed by atoms with van der Waals surface area (Å²) in [6, 6.07) is 11.7. The molecule has 0 spiro atoms. The fourth-order valence-electron chi connectivity index (χ4n) is 2.74. The lowest BCUT2D eigenvalue weighted by atomic mass is 10.0. The third kappa shape index (κ3) is 5.47. The van der Waals surface area contributed by atoms with E-state index in [1.807, 2.05) is 32.0 Å². The van der Waals surface area contributed by atoms with Gasteiger partial charge in [-0.25, -0.2) is 4.39 Å². The molecule has 2 N–H and O–H groups in total. The van der Waals surface area contributed by atoms with Crippen molar-refractivity contribution in [1.29, 1.82) is 0 Å². The number of nitrogens with zero attached hydrogens (tertiary/aromatic N) is 3. The number of carbonyl (C=O) groups is 2. The number of benzene rings is 1. The molecule has 0 saturated carbocycles. The molecule has 0 saturated heterocycles. The molecule has 150 valence electrons. The number of nitrogens with one attached hydrogen (secondary N) is 2. The highest BCUT2D eigenvalue weighted by Gasteiger charge is 2.25. The molecule has 0 aliphatic carbocycles. The lowest BCUT2D eigenvalue weighted by Gasteiger charge is -2.21. The highest BCUT2D eigenvalue weighted by atomic mass is 19.1. The molecule has 8 heteroatoms. The lowest BCUT2D eigenvalue weighted by molar-refractivity contribution is -0.118. The van der Waals surface area contributed by atoms with Crippen molar-refractivity contribution in [3.05, 3.63) is 78.0 Å². The molecule has 1 atom stereocenters. The van der Waals surface area contributed by atoms with Crippen LogP contribution in [0.25, 0.3) is 0 Å². The Morgan fingerprint density at radius 2 is 1.86 bits per heavy atom. The molecule has 3 rings (SSSR count). The van der Waals surface area contributed by atoms with Crippen LogP contribution in [0.3, 0.4) is 0 Å². The third-order valence-electron chi connectivity index (χ3n) is 4.28. The minimum atomic E-state index is -0.770. The molecular formula is C21H22FN5O2. The molecule has 0 aliphatic rings. The van der Waals surface area contributed by atoms with Crippen LogP contribution < -0.4 is 10.6 Å². The van der Waals surface area contributed by atoms with Crippen LogP contribution in [0.2, 0.25) is 0 Å². The highest BCUT2D eigenvalue weighted by Crippen LogP contribution is 2.10. The molecule has 1 aromatic carbocycles. The van der Waals surface area contributed by atoms with Crippen LogP contribution in [0.15, 0.2) is 60.9 Å². The fraction of sp³-hybridized carbons (Fsp3) is 0.238. The molecule has 7 nitrogen and oxygen atoms in total. The van der Waals surface area contributed by atoms with Gasteiger partial charge in [-0.05, 0) is 42.3 Å². The van der Waals surface area contributed by atoms with Gasteiger partial charge in [-0.3, -0.25) is 19.3 Å². The van der Waals surface area contributed by atoms with Gasteiger partial charge in [0.05, 0.1) is 12.2 Å². The Balaban J connectivity index is 1.64. The van der Waals surface area contributed by atoms with Crippen molar-refractivity contribution >= 4 is 17.6 Å². The summed E-state index contributed by atoms with van der Waals surface area (Å²) in [5.74, 6) is -1.03. The molecule has 29 heavy (non-hydrogen) atoms. The summed E-state index contributed by atoms with van der Waals surface area (Å²) < 4.78 is 14.7. The molecule has 2 amide bonds. The summed E-state index contributed by atoms with van der Waals surface area (Å²) in [4.78, 5) is 29.3. The van der Waals surface area contributed by atoms with Gasteiger partial charge in [-0.1, -0.05) is 19.9 Å². The number of aromatic nitrogens is 3. The zero-order valence-corrected chi connectivity index (χ0v) is 16.2. The molecule has 0 radical (unpaired) electrons. The van der Waals surface area contributed by atoms with Gasteiger partial charge in [0.25, 0.3) is 5.91 Å². The standard InChI is InChI=1S/C21H22FN5O2/c1-14(2)19(25-20(28)15-6-8-16(22)9-7-15)21(29)24-18-10-12-27(26-18)13-17-5-3-4-11-23-17/h3-12,14,19H,13H2,1-2H3,(H,25,28)(H,24,26,29). The number of amides is 2. The van der Waals surface area contributed by atoms with Gasteiger partial charge in [0, 0.05) is 24.0 Å². The monoisotopic (exact) mass is 395 g/mol. The average Bonchev–Trinajstić information content (AvgIpc) is 3.13. The van der Waals surface area contributed by atoms with E-state index in [9.17, 15) is 14.0 Å². The predicted molar refractivity (Wildman–Crippen MR) is 107 cm³/mol. The van der Waals surface area contributed by atoms with Crippen LogP contribution in [0.4, 0.5) is 10.2 Å². The maximum Gasteiger partial charge on any atom is 0.251 e. The van der Waals surface area contributed by atoms with Gasteiger partial charge in [-0.2, -0.15) is 5.10 Å². The van der Waals surface area contributed by atoms with Crippen LogP contribution in [-0.4, -0.2) is 32.6 Å². The van der Waals surface area contributed by atoms with E-state index in [2.05, 4.69) is 20.7 Å². The third-order valence-corrected chi connectivity index (χ3v) is 4.28. The normalized spacial score (nSPS) is 11.9. The van der Waals surface area contributed by atoms with Crippen LogP contribution >= 0.6 is 0 Å². The van der Waals surface area contributed by atoms with E-state index >= 15 is 0 Å². The Hall–Kier alpha value is -3.55. The van der Waals surface area contributed by atoms with Crippen molar-refractivity contribution in [3.8, 4) is 0 Å². The second-order valence-corrected chi connectivity index (χ2v) is 6.91. The fourth-order valence-corrected chi connectivity index (χ4v) is 2.74. The van der Waals surface area contributed by atoms with Crippen molar-refractivity contribution < 1.29 is 14.0 Å². The van der Waals surface area contributed by atoms with Crippen molar-refractivity contribution in [3.63, 3.8) is 0 Å². The van der Waals surface area contributed by atoms with E-state index in [1.165, 1.54) is 24.3 Å². The largest absolute Gasteiger partial charge is 0.340 e. The van der Waals surface area contributed by atoms with Crippen molar-refractivity contribution in [2.75, 3.05) is 5.32 Å². The number of pyridine rings is 1. The van der Waals surface area contributed by atoms with Crippen molar-refractivity contribution in [1.82, 2.24) is 20.1 Å². The Labute approximate surface area is 168 Å². The summed E-state index contributed by atoms with van der Waals surface area (Å²) in [5, 5.41) is 9.75. The van der Waals surface area contributed by atoms with Crippen molar-refractivity contribution in [2.45, 2.75) is 26.4 Å². The highest BCUT2D eigenvalue weighted by molar-refractivity contribution is 6.00. The summed E-state index contributed by atoms with van der Waals surface area (Å²) in [7, 11) is 0. The van der Waals surface area contributed by atoms with Crippen LogP contribution in [-0.2, 0) is 11.3 Å². The van der Waals surface area contributed by atoms with Crippen LogP contribution in [0.5, 0.6) is 0 Å². The maximum atomic E-state index is 13.0. The molecular weight excluding hydrogens is 373 g/mol. The minimum Gasteiger partial charge on any atom is -0.340 e. The average molecular weight is 395 g/mol. The number of rotatable bonds is 7. The summed E-state index contributed by atoms with van der Waals surface area (Å²) in [6.45, 7) is 4.13. The molecule has 2 aromatic heterocycles. The van der Waals surface area contributed by atoms with Gasteiger partial charge >= 0.3 is 0 Å². The van der Waals surface area contributed by atoms with E-state index in [1.54, 1.807) is 23.1 Å². The summed E-state index contributed by atoms with van der Waals surface area (Å²) >= 11 is 0. The van der Waals surface area contributed by atoms with E-state index in [0.29, 0.717) is 12.4 Å². The SMILES string of the molecule is CC(C)C(NC(=O)c1ccc(F)cc1)C(=O)Nc1ccn(Cc2ccccn2)n1. The molecule has 3 aromatic rings. The van der Waals surface area contributed by atoms with Gasteiger partial charge in [0.15, 0.2) is 5.82 Å².